The number of H-pyrrole nitrogens is 1. The molecule has 0 unspecified atom stereocenters. The minimum absolute atomic E-state index is 0.227. The summed E-state index contributed by atoms with van der Waals surface area (Å²) in [5.74, 6) is -0.247. The lowest BCUT2D eigenvalue weighted by Crippen LogP contribution is -2.35. The number of amides is 1. The van der Waals surface area contributed by atoms with Crippen molar-refractivity contribution in [2.45, 2.75) is 0 Å². The topological polar surface area (TPSA) is 95.2 Å². The summed E-state index contributed by atoms with van der Waals surface area (Å²) in [4.78, 5) is 19.0. The Kier molecular flexibility index (Phi) is 4.94. The van der Waals surface area contributed by atoms with Crippen LogP contribution in [0.5, 0.6) is 0 Å². The van der Waals surface area contributed by atoms with Gasteiger partial charge in [-0.05, 0) is 12.1 Å². The molecule has 0 aliphatic carbocycles. The molecule has 0 aliphatic heterocycles. The highest BCUT2D eigenvalue weighted by Gasteiger charge is 2.12. The van der Waals surface area contributed by atoms with Crippen molar-refractivity contribution < 1.29 is 13.2 Å². The van der Waals surface area contributed by atoms with Gasteiger partial charge in [-0.2, -0.15) is 0 Å². The predicted octanol–water partition coefficient (Wildman–Crippen LogP) is 0.698. The second-order valence-corrected chi connectivity index (χ2v) is 6.98. The molecule has 2 rings (SSSR count). The van der Waals surface area contributed by atoms with E-state index >= 15 is 0 Å². The third-order valence-electron chi connectivity index (χ3n) is 3.21. The van der Waals surface area contributed by atoms with Crippen molar-refractivity contribution in [2.24, 2.45) is 0 Å². The van der Waals surface area contributed by atoms with Crippen LogP contribution in [0.3, 0.4) is 0 Å². The number of likely N-dealkylation sites (N-methyl/N-ethyl adjacent to an activating group) is 1. The smallest absolute Gasteiger partial charge is 0.251 e. The van der Waals surface area contributed by atoms with Crippen LogP contribution >= 0.6 is 0 Å². The van der Waals surface area contributed by atoms with Gasteiger partial charge in [0.15, 0.2) is 0 Å². The summed E-state index contributed by atoms with van der Waals surface area (Å²) in [6.07, 6.45) is 4.38. The molecule has 1 aromatic carbocycles. The Morgan fingerprint density at radius 2 is 2.18 bits per heavy atom. The van der Waals surface area contributed by atoms with E-state index in [4.69, 9.17) is 0 Å². The number of nitrogens with zero attached hydrogens (tertiary/aromatic N) is 2. The van der Waals surface area contributed by atoms with Crippen LogP contribution < -0.4 is 5.32 Å². The van der Waals surface area contributed by atoms with E-state index in [0.29, 0.717) is 5.56 Å². The van der Waals surface area contributed by atoms with E-state index < -0.39 is 10.0 Å². The maximum absolute atomic E-state index is 12.1. The lowest BCUT2D eigenvalue weighted by atomic mass is 10.1. The van der Waals surface area contributed by atoms with Crippen molar-refractivity contribution in [3.8, 4) is 11.3 Å². The van der Waals surface area contributed by atoms with Gasteiger partial charge in [-0.3, -0.25) is 4.79 Å². The van der Waals surface area contributed by atoms with Gasteiger partial charge in [0, 0.05) is 31.3 Å². The monoisotopic (exact) mass is 322 g/mol. The number of hydrogen-bond donors (Lipinski definition) is 2. The average molecular weight is 322 g/mol. The standard InChI is InChI=1S/C14H18N4O3S/c1-18(22(2,20)21)7-6-16-14(19)12-5-3-4-11(8-12)13-9-15-10-17-13/h3-5,8-10H,6-7H2,1-2H3,(H,15,17)(H,16,19). The Morgan fingerprint density at radius 1 is 1.41 bits per heavy atom. The van der Waals surface area contributed by atoms with E-state index in [0.717, 1.165) is 17.5 Å². The average Bonchev–Trinajstić information content (AvgIpc) is 3.00. The molecule has 0 fully saturated rings. The van der Waals surface area contributed by atoms with Gasteiger partial charge in [0.2, 0.25) is 10.0 Å². The zero-order valence-corrected chi connectivity index (χ0v) is 13.2. The normalized spacial score (nSPS) is 11.6. The minimum Gasteiger partial charge on any atom is -0.351 e. The molecule has 0 bridgehead atoms. The summed E-state index contributed by atoms with van der Waals surface area (Å²) >= 11 is 0. The molecule has 1 aromatic heterocycles. The van der Waals surface area contributed by atoms with Crippen LogP contribution in [0, 0.1) is 0 Å². The zero-order valence-electron chi connectivity index (χ0n) is 12.4. The highest BCUT2D eigenvalue weighted by atomic mass is 32.2. The maximum Gasteiger partial charge on any atom is 0.251 e. The molecule has 2 aromatic rings. The number of benzene rings is 1. The van der Waals surface area contributed by atoms with E-state index in [1.54, 1.807) is 30.7 Å². The van der Waals surface area contributed by atoms with E-state index in [9.17, 15) is 13.2 Å². The quantitative estimate of drug-likeness (QED) is 0.818. The molecule has 118 valence electrons. The number of carbonyl (C=O) groups excluding carboxylic acids is 1. The fourth-order valence-corrected chi connectivity index (χ4v) is 2.26. The van der Waals surface area contributed by atoms with Crippen LogP contribution in [0.1, 0.15) is 10.4 Å². The molecule has 0 radical (unpaired) electrons. The molecule has 8 heteroatoms. The first-order valence-corrected chi connectivity index (χ1v) is 8.51. The first-order valence-electron chi connectivity index (χ1n) is 6.66. The predicted molar refractivity (Wildman–Crippen MR) is 83.8 cm³/mol. The second-order valence-electron chi connectivity index (χ2n) is 4.89. The number of hydrogen-bond acceptors (Lipinski definition) is 4. The Hall–Kier alpha value is -2.19. The van der Waals surface area contributed by atoms with Crippen molar-refractivity contribution in [1.82, 2.24) is 19.6 Å². The van der Waals surface area contributed by atoms with E-state index in [-0.39, 0.29) is 19.0 Å². The van der Waals surface area contributed by atoms with Gasteiger partial charge in [0.25, 0.3) is 5.91 Å². The van der Waals surface area contributed by atoms with Crippen LogP contribution in [-0.2, 0) is 10.0 Å². The Balaban J connectivity index is 1.97. The molecule has 0 spiro atoms. The number of aromatic nitrogens is 2. The fraction of sp³-hybridized carbons (Fsp3) is 0.286. The van der Waals surface area contributed by atoms with Gasteiger partial charge in [-0.15, -0.1) is 0 Å². The van der Waals surface area contributed by atoms with Crippen molar-refractivity contribution in [1.29, 1.82) is 0 Å². The summed E-state index contributed by atoms with van der Waals surface area (Å²) in [7, 11) is -1.76. The highest BCUT2D eigenvalue weighted by Crippen LogP contribution is 2.17. The third kappa shape index (κ3) is 4.15. The largest absolute Gasteiger partial charge is 0.351 e. The molecular formula is C14H18N4O3S. The lowest BCUT2D eigenvalue weighted by molar-refractivity contribution is 0.0952. The van der Waals surface area contributed by atoms with Crippen molar-refractivity contribution in [3.63, 3.8) is 0 Å². The van der Waals surface area contributed by atoms with Gasteiger partial charge < -0.3 is 10.3 Å². The van der Waals surface area contributed by atoms with Gasteiger partial charge in [0.05, 0.1) is 24.5 Å². The molecule has 1 amide bonds. The Labute approximate surface area is 129 Å². The first kappa shape index (κ1) is 16.2. The second kappa shape index (κ2) is 6.71. The SMILES string of the molecule is CN(CCNC(=O)c1cccc(-c2cnc[nH]2)c1)S(C)(=O)=O. The van der Waals surface area contributed by atoms with Crippen LogP contribution in [0.4, 0.5) is 0 Å². The van der Waals surface area contributed by atoms with Crippen LogP contribution in [0.2, 0.25) is 0 Å². The van der Waals surface area contributed by atoms with Crippen molar-refractivity contribution >= 4 is 15.9 Å². The number of rotatable bonds is 6. The zero-order chi connectivity index (χ0) is 16.2. The molecule has 2 N–H and O–H groups in total. The maximum atomic E-state index is 12.1. The number of sulfonamides is 1. The highest BCUT2D eigenvalue weighted by molar-refractivity contribution is 7.88. The fourth-order valence-electron chi connectivity index (χ4n) is 1.84. The molecule has 0 atom stereocenters. The van der Waals surface area contributed by atoms with E-state index in [1.165, 1.54) is 11.4 Å². The molecule has 0 aliphatic rings. The van der Waals surface area contributed by atoms with Gasteiger partial charge in [0.1, 0.15) is 0 Å². The molecule has 0 saturated heterocycles. The molecule has 22 heavy (non-hydrogen) atoms. The van der Waals surface area contributed by atoms with Crippen molar-refractivity contribution in [3.05, 3.63) is 42.4 Å². The number of nitrogens with one attached hydrogen (secondary N) is 2. The summed E-state index contributed by atoms with van der Waals surface area (Å²) in [6, 6.07) is 7.12. The third-order valence-corrected chi connectivity index (χ3v) is 4.53. The molecule has 0 saturated carbocycles. The summed E-state index contributed by atoms with van der Waals surface area (Å²) in [5.41, 5.74) is 2.19. The summed E-state index contributed by atoms with van der Waals surface area (Å²) in [5, 5.41) is 2.70. The Morgan fingerprint density at radius 3 is 2.82 bits per heavy atom. The Bertz CT molecular complexity index is 741. The molecule has 1 heterocycles. The first-order chi connectivity index (χ1) is 10.4. The van der Waals surface area contributed by atoms with Gasteiger partial charge in [-0.1, -0.05) is 12.1 Å². The molecular weight excluding hydrogens is 304 g/mol. The van der Waals surface area contributed by atoms with Crippen LogP contribution in [-0.4, -0.2) is 55.0 Å². The van der Waals surface area contributed by atoms with Crippen LogP contribution in [0.15, 0.2) is 36.8 Å². The number of carbonyl (C=O) groups is 1. The molecule has 7 nitrogen and oxygen atoms in total. The van der Waals surface area contributed by atoms with E-state index in [1.807, 2.05) is 6.07 Å². The summed E-state index contributed by atoms with van der Waals surface area (Å²) < 4.78 is 23.7. The van der Waals surface area contributed by atoms with Crippen LogP contribution in [0.25, 0.3) is 11.3 Å². The van der Waals surface area contributed by atoms with E-state index in [2.05, 4.69) is 15.3 Å². The number of aromatic amines is 1. The summed E-state index contributed by atoms with van der Waals surface area (Å²) in [6.45, 7) is 0.474. The lowest BCUT2D eigenvalue weighted by Gasteiger charge is -2.14. The van der Waals surface area contributed by atoms with Gasteiger partial charge >= 0.3 is 0 Å². The number of imidazole rings is 1. The van der Waals surface area contributed by atoms with Gasteiger partial charge in [-0.25, -0.2) is 17.7 Å². The minimum atomic E-state index is -3.23. The van der Waals surface area contributed by atoms with Crippen molar-refractivity contribution in [2.75, 3.05) is 26.4 Å².